The van der Waals surface area contributed by atoms with Crippen molar-refractivity contribution in [1.82, 2.24) is 4.90 Å². The molecule has 8 heteroatoms. The SMILES string of the molecule is COC(=O)N1CCCC(N)[C@@H]1COC1CCC(c2cc(F)cc(F)c2F)CC1. The van der Waals surface area contributed by atoms with E-state index in [2.05, 4.69) is 0 Å². The highest BCUT2D eigenvalue weighted by Gasteiger charge is 2.34. The van der Waals surface area contributed by atoms with Crippen LogP contribution in [0, 0.1) is 17.5 Å². The van der Waals surface area contributed by atoms with Gasteiger partial charge in [-0.2, -0.15) is 0 Å². The average molecular weight is 400 g/mol. The summed E-state index contributed by atoms with van der Waals surface area (Å²) in [5, 5.41) is 0. The standard InChI is InChI=1S/C20H27F3N2O3/c1-27-20(26)25-8-2-3-17(24)18(25)11-28-14-6-4-12(5-7-14)15-9-13(21)10-16(22)19(15)23/h9-10,12,14,17-18H,2-8,11,24H2,1H3/t12?,14?,17?,18-/m0/s1. The molecule has 0 aromatic heterocycles. The first-order valence-electron chi connectivity index (χ1n) is 9.77. The number of likely N-dealkylation sites (tertiary alicyclic amines) is 1. The summed E-state index contributed by atoms with van der Waals surface area (Å²) >= 11 is 0. The number of methoxy groups -OCH3 is 1. The number of rotatable bonds is 4. The van der Waals surface area contributed by atoms with Crippen LogP contribution in [0.2, 0.25) is 0 Å². The van der Waals surface area contributed by atoms with Crippen LogP contribution < -0.4 is 5.73 Å². The van der Waals surface area contributed by atoms with Crippen LogP contribution in [0.4, 0.5) is 18.0 Å². The first kappa shape index (κ1) is 20.9. The molecule has 1 heterocycles. The second-order valence-electron chi connectivity index (χ2n) is 7.63. The van der Waals surface area contributed by atoms with Gasteiger partial charge in [-0.1, -0.05) is 0 Å². The van der Waals surface area contributed by atoms with E-state index in [9.17, 15) is 18.0 Å². The van der Waals surface area contributed by atoms with Gasteiger partial charge in [0.1, 0.15) is 5.82 Å². The molecule has 0 bridgehead atoms. The number of hydrogen-bond donors (Lipinski definition) is 1. The Morgan fingerprint density at radius 2 is 1.89 bits per heavy atom. The molecule has 1 aliphatic carbocycles. The fraction of sp³-hybridized carbons (Fsp3) is 0.650. The zero-order valence-corrected chi connectivity index (χ0v) is 16.0. The van der Waals surface area contributed by atoms with Crippen molar-refractivity contribution in [2.45, 2.75) is 62.6 Å². The first-order chi connectivity index (χ1) is 13.4. The zero-order chi connectivity index (χ0) is 20.3. The monoisotopic (exact) mass is 400 g/mol. The van der Waals surface area contributed by atoms with Crippen LogP contribution in [0.5, 0.6) is 0 Å². The molecule has 0 spiro atoms. The lowest BCUT2D eigenvalue weighted by Crippen LogP contribution is -2.56. The van der Waals surface area contributed by atoms with Gasteiger partial charge in [-0.25, -0.2) is 18.0 Å². The summed E-state index contributed by atoms with van der Waals surface area (Å²) in [6.07, 6.45) is 3.67. The van der Waals surface area contributed by atoms with E-state index < -0.39 is 23.5 Å². The van der Waals surface area contributed by atoms with E-state index in [0.717, 1.165) is 18.9 Å². The normalized spacial score (nSPS) is 28.2. The smallest absolute Gasteiger partial charge is 0.409 e. The van der Waals surface area contributed by atoms with Gasteiger partial charge in [0.05, 0.1) is 25.9 Å². The van der Waals surface area contributed by atoms with Gasteiger partial charge in [0.15, 0.2) is 11.6 Å². The van der Waals surface area contributed by atoms with Crippen molar-refractivity contribution < 1.29 is 27.4 Å². The Labute approximate surface area is 163 Å². The molecule has 156 valence electrons. The molecule has 1 saturated carbocycles. The van der Waals surface area contributed by atoms with Crippen molar-refractivity contribution in [3.8, 4) is 0 Å². The number of halogens is 3. The Bertz CT molecular complexity index is 696. The van der Waals surface area contributed by atoms with Gasteiger partial charge in [-0.3, -0.25) is 0 Å². The van der Waals surface area contributed by atoms with Crippen LogP contribution >= 0.6 is 0 Å². The molecule has 1 aromatic carbocycles. The van der Waals surface area contributed by atoms with Crippen LogP contribution in [0.15, 0.2) is 12.1 Å². The van der Waals surface area contributed by atoms with Crippen molar-refractivity contribution in [1.29, 1.82) is 0 Å². The molecule has 2 N–H and O–H groups in total. The fourth-order valence-electron chi connectivity index (χ4n) is 4.29. The minimum Gasteiger partial charge on any atom is -0.453 e. The summed E-state index contributed by atoms with van der Waals surface area (Å²) in [5.41, 5.74) is 6.28. The number of carbonyl (C=O) groups is 1. The quantitative estimate of drug-likeness (QED) is 0.783. The van der Waals surface area contributed by atoms with E-state index in [-0.39, 0.29) is 29.7 Å². The molecule has 3 rings (SSSR count). The van der Waals surface area contributed by atoms with Crippen LogP contribution in [-0.4, -0.2) is 49.4 Å². The molecule has 2 aliphatic rings. The largest absolute Gasteiger partial charge is 0.453 e. The second kappa shape index (κ2) is 9.13. The summed E-state index contributed by atoms with van der Waals surface area (Å²) < 4.78 is 51.8. The van der Waals surface area contributed by atoms with Gasteiger partial charge in [0, 0.05) is 18.7 Å². The maximum absolute atomic E-state index is 14.0. The highest BCUT2D eigenvalue weighted by Crippen LogP contribution is 2.36. The molecule has 1 aliphatic heterocycles. The molecule has 1 aromatic rings. The van der Waals surface area contributed by atoms with E-state index in [4.69, 9.17) is 15.2 Å². The summed E-state index contributed by atoms with van der Waals surface area (Å²) in [5.74, 6) is -3.11. The minimum absolute atomic E-state index is 0.0497. The molecule has 28 heavy (non-hydrogen) atoms. The van der Waals surface area contributed by atoms with Crippen molar-refractivity contribution in [3.05, 3.63) is 35.1 Å². The Kier molecular flexibility index (Phi) is 6.82. The second-order valence-corrected chi connectivity index (χ2v) is 7.63. The lowest BCUT2D eigenvalue weighted by atomic mass is 9.82. The third-order valence-corrected chi connectivity index (χ3v) is 5.88. The number of benzene rings is 1. The minimum atomic E-state index is -1.15. The van der Waals surface area contributed by atoms with Gasteiger partial charge in [0.2, 0.25) is 0 Å². The lowest BCUT2D eigenvalue weighted by molar-refractivity contribution is -0.0230. The summed E-state index contributed by atoms with van der Waals surface area (Å²) in [4.78, 5) is 13.6. The van der Waals surface area contributed by atoms with E-state index >= 15 is 0 Å². The number of piperidine rings is 1. The van der Waals surface area contributed by atoms with E-state index in [1.165, 1.54) is 7.11 Å². The summed E-state index contributed by atoms with van der Waals surface area (Å²) in [6.45, 7) is 0.903. The van der Waals surface area contributed by atoms with Crippen molar-refractivity contribution in [2.75, 3.05) is 20.3 Å². The van der Waals surface area contributed by atoms with Gasteiger partial charge in [0.25, 0.3) is 0 Å². The van der Waals surface area contributed by atoms with E-state index in [1.807, 2.05) is 0 Å². The Hall–Kier alpha value is -1.80. The third kappa shape index (κ3) is 4.60. The number of ether oxygens (including phenoxy) is 2. The van der Waals surface area contributed by atoms with Gasteiger partial charge in [-0.05, 0) is 56.1 Å². The zero-order valence-electron chi connectivity index (χ0n) is 16.0. The summed E-state index contributed by atoms with van der Waals surface area (Å²) in [7, 11) is 1.34. The Balaban J connectivity index is 1.55. The number of hydrogen-bond acceptors (Lipinski definition) is 4. The average Bonchev–Trinajstić information content (AvgIpc) is 2.69. The summed E-state index contributed by atoms with van der Waals surface area (Å²) in [6, 6.07) is 1.23. The van der Waals surface area contributed by atoms with E-state index in [1.54, 1.807) is 4.90 Å². The van der Waals surface area contributed by atoms with Crippen molar-refractivity contribution >= 4 is 6.09 Å². The van der Waals surface area contributed by atoms with Crippen LogP contribution in [0.1, 0.15) is 50.0 Å². The molecule has 1 saturated heterocycles. The van der Waals surface area contributed by atoms with Crippen molar-refractivity contribution in [2.24, 2.45) is 5.73 Å². The van der Waals surface area contributed by atoms with Crippen LogP contribution in [-0.2, 0) is 9.47 Å². The molecular weight excluding hydrogens is 373 g/mol. The van der Waals surface area contributed by atoms with Gasteiger partial charge < -0.3 is 20.1 Å². The fourth-order valence-corrected chi connectivity index (χ4v) is 4.29. The van der Waals surface area contributed by atoms with Crippen LogP contribution in [0.3, 0.4) is 0 Å². The lowest BCUT2D eigenvalue weighted by Gasteiger charge is -2.39. The predicted octanol–water partition coefficient (Wildman–Crippen LogP) is 3.70. The third-order valence-electron chi connectivity index (χ3n) is 5.88. The first-order valence-corrected chi connectivity index (χ1v) is 9.77. The molecule has 1 unspecified atom stereocenters. The Morgan fingerprint density at radius 1 is 1.18 bits per heavy atom. The highest BCUT2D eigenvalue weighted by molar-refractivity contribution is 5.68. The molecular formula is C20H27F3N2O3. The number of amides is 1. The molecule has 0 radical (unpaired) electrons. The highest BCUT2D eigenvalue weighted by atomic mass is 19.2. The molecule has 1 amide bonds. The molecule has 5 nitrogen and oxygen atoms in total. The Morgan fingerprint density at radius 3 is 2.57 bits per heavy atom. The number of nitrogens with zero attached hydrogens (tertiary/aromatic N) is 1. The molecule has 2 atom stereocenters. The van der Waals surface area contributed by atoms with Crippen LogP contribution in [0.25, 0.3) is 0 Å². The topological polar surface area (TPSA) is 64.8 Å². The number of nitrogens with two attached hydrogens (primary N) is 1. The van der Waals surface area contributed by atoms with Gasteiger partial charge >= 0.3 is 6.09 Å². The van der Waals surface area contributed by atoms with Crippen molar-refractivity contribution in [3.63, 3.8) is 0 Å². The number of carbonyl (C=O) groups excluding carboxylic acids is 1. The van der Waals surface area contributed by atoms with Gasteiger partial charge in [-0.15, -0.1) is 0 Å². The molecule has 2 fully saturated rings. The maximum atomic E-state index is 14.0. The predicted molar refractivity (Wildman–Crippen MR) is 97.4 cm³/mol. The van der Waals surface area contributed by atoms with E-state index in [0.29, 0.717) is 44.9 Å². The maximum Gasteiger partial charge on any atom is 0.409 e.